The van der Waals surface area contributed by atoms with Gasteiger partial charge in [-0.2, -0.15) is 5.48 Å². The van der Waals surface area contributed by atoms with Crippen LogP contribution >= 0.6 is 12.6 Å². The first-order chi connectivity index (χ1) is 14.7. The summed E-state index contributed by atoms with van der Waals surface area (Å²) in [4.78, 5) is 14.2. The van der Waals surface area contributed by atoms with Crippen molar-refractivity contribution in [3.63, 3.8) is 0 Å². The fourth-order valence-corrected chi connectivity index (χ4v) is 3.09. The minimum absolute atomic E-state index is 0.728. The molecule has 30 heavy (non-hydrogen) atoms. The van der Waals surface area contributed by atoms with Crippen molar-refractivity contribution in [2.24, 2.45) is 0 Å². The lowest BCUT2D eigenvalue weighted by Gasteiger charge is -2.06. The Kier molecular flexibility index (Phi) is 7.59. The van der Waals surface area contributed by atoms with Crippen molar-refractivity contribution < 1.29 is 14.3 Å². The maximum atomic E-state index is 5.38. The molecule has 0 saturated heterocycles. The maximum absolute atomic E-state index is 5.38. The molecule has 1 aliphatic rings. The highest BCUT2D eigenvalue weighted by molar-refractivity contribution is 7.84. The average Bonchev–Trinajstić information content (AvgIpc) is 3.12. The van der Waals surface area contributed by atoms with Crippen LogP contribution in [0.15, 0.2) is 83.2 Å². The van der Waals surface area contributed by atoms with Gasteiger partial charge < -0.3 is 19.3 Å². The van der Waals surface area contributed by atoms with E-state index in [4.69, 9.17) is 14.3 Å². The average molecular weight is 424 g/mol. The number of imidazole rings is 1. The van der Waals surface area contributed by atoms with Crippen LogP contribution in [0.4, 0.5) is 0 Å². The number of aromatic nitrogens is 2. The predicted octanol–water partition coefficient (Wildman–Crippen LogP) is 5.01. The summed E-state index contributed by atoms with van der Waals surface area (Å²) < 4.78 is 10.3. The van der Waals surface area contributed by atoms with E-state index >= 15 is 0 Å². The number of allylic oxidation sites excluding steroid dienone is 3. The number of benzene rings is 2. The number of hydrogen-bond donors (Lipinski definition) is 3. The van der Waals surface area contributed by atoms with Crippen LogP contribution in [-0.2, 0) is 9.47 Å². The van der Waals surface area contributed by atoms with Gasteiger partial charge in [0.25, 0.3) is 0 Å². The molecule has 4 rings (SSSR count). The number of thiol groups is 1. The third-order valence-corrected chi connectivity index (χ3v) is 4.72. The highest BCUT2D eigenvalue weighted by Crippen LogP contribution is 2.28. The monoisotopic (exact) mass is 423 g/mol. The standard InChI is InChI=1S/C14H13N3O.C9H12O2S/c1-15-18-13-9-5-2-6-10(13)14-16-11-7-3-4-8-12(11)17-14;1-10-8-5-3-7(12)4-6-9(8)11-2/h2-9,15H,1H3,(H,16,17);3-5,12H,6H2,1-2H3. The van der Waals surface area contributed by atoms with E-state index in [0.29, 0.717) is 0 Å². The minimum Gasteiger partial charge on any atom is -0.497 e. The Morgan fingerprint density at radius 3 is 2.50 bits per heavy atom. The predicted molar refractivity (Wildman–Crippen MR) is 123 cm³/mol. The second-order valence-corrected chi connectivity index (χ2v) is 6.78. The van der Waals surface area contributed by atoms with Crippen LogP contribution < -0.4 is 10.3 Å². The van der Waals surface area contributed by atoms with Gasteiger partial charge in [-0.15, -0.1) is 12.6 Å². The van der Waals surface area contributed by atoms with E-state index in [-0.39, 0.29) is 0 Å². The number of methoxy groups -OCH3 is 2. The Morgan fingerprint density at radius 1 is 1.00 bits per heavy atom. The van der Waals surface area contributed by atoms with Crippen molar-refractivity contribution in [3.8, 4) is 17.1 Å². The minimum atomic E-state index is 0.728. The van der Waals surface area contributed by atoms with Crippen molar-refractivity contribution in [1.29, 1.82) is 0 Å². The van der Waals surface area contributed by atoms with Crippen molar-refractivity contribution in [2.75, 3.05) is 21.3 Å². The Hall–Kier alpha value is -3.16. The summed E-state index contributed by atoms with van der Waals surface area (Å²) in [5.41, 5.74) is 5.59. The number of para-hydroxylation sites is 3. The Bertz CT molecular complexity index is 1050. The van der Waals surface area contributed by atoms with Gasteiger partial charge in [-0.05, 0) is 36.4 Å². The van der Waals surface area contributed by atoms with Gasteiger partial charge >= 0.3 is 0 Å². The van der Waals surface area contributed by atoms with Crippen LogP contribution in [-0.4, -0.2) is 31.2 Å². The van der Waals surface area contributed by atoms with Crippen LogP contribution in [0.25, 0.3) is 22.4 Å². The molecule has 0 unspecified atom stereocenters. The molecule has 7 heteroatoms. The summed E-state index contributed by atoms with van der Waals surface area (Å²) in [7, 11) is 5.00. The zero-order chi connectivity index (χ0) is 21.3. The van der Waals surface area contributed by atoms with E-state index < -0.39 is 0 Å². The lowest BCUT2D eigenvalue weighted by atomic mass is 10.2. The molecule has 0 bridgehead atoms. The summed E-state index contributed by atoms with van der Waals surface area (Å²) >= 11 is 4.23. The molecule has 0 fully saturated rings. The molecule has 0 atom stereocenters. The summed E-state index contributed by atoms with van der Waals surface area (Å²) in [5.74, 6) is 3.15. The molecule has 6 nitrogen and oxygen atoms in total. The molecule has 3 aromatic rings. The van der Waals surface area contributed by atoms with Crippen molar-refractivity contribution >= 4 is 23.7 Å². The topological polar surface area (TPSA) is 68.4 Å². The van der Waals surface area contributed by atoms with E-state index in [2.05, 4.69) is 28.1 Å². The second kappa shape index (κ2) is 10.6. The molecule has 1 aliphatic carbocycles. The van der Waals surface area contributed by atoms with E-state index in [0.717, 1.165) is 51.0 Å². The lowest BCUT2D eigenvalue weighted by Crippen LogP contribution is -2.11. The first kappa shape index (κ1) is 21.5. The van der Waals surface area contributed by atoms with Crippen molar-refractivity contribution in [1.82, 2.24) is 15.4 Å². The molecule has 2 aromatic carbocycles. The number of nitrogens with zero attached hydrogens (tertiary/aromatic N) is 1. The smallest absolute Gasteiger partial charge is 0.158 e. The largest absolute Gasteiger partial charge is 0.497 e. The number of nitrogens with one attached hydrogen (secondary N) is 2. The Balaban J connectivity index is 0.000000187. The van der Waals surface area contributed by atoms with Gasteiger partial charge in [-0.3, -0.25) is 0 Å². The van der Waals surface area contributed by atoms with Gasteiger partial charge in [0.2, 0.25) is 0 Å². The molecule has 1 aromatic heterocycles. The molecule has 0 saturated carbocycles. The van der Waals surface area contributed by atoms with E-state index in [1.54, 1.807) is 21.3 Å². The molecule has 2 N–H and O–H groups in total. The van der Waals surface area contributed by atoms with E-state index in [9.17, 15) is 0 Å². The number of fused-ring (bicyclic) bond motifs is 1. The summed E-state index contributed by atoms with van der Waals surface area (Å²) in [6.45, 7) is 0. The van der Waals surface area contributed by atoms with Gasteiger partial charge in [-0.25, -0.2) is 4.98 Å². The number of ether oxygens (including phenoxy) is 2. The molecule has 0 aliphatic heterocycles. The second-order valence-electron chi connectivity index (χ2n) is 6.27. The Labute approximate surface area is 181 Å². The number of hydrogen-bond acceptors (Lipinski definition) is 6. The van der Waals surface area contributed by atoms with Crippen LogP contribution in [0.1, 0.15) is 6.42 Å². The first-order valence-corrected chi connectivity index (χ1v) is 9.87. The number of aromatic amines is 1. The van der Waals surface area contributed by atoms with Gasteiger partial charge in [-0.1, -0.05) is 30.3 Å². The van der Waals surface area contributed by atoms with Gasteiger partial charge in [0.1, 0.15) is 11.6 Å². The van der Waals surface area contributed by atoms with Gasteiger partial charge in [0, 0.05) is 18.4 Å². The SMILES string of the molecule is CNOc1ccccc1-c1nc2ccccc2[nH]1.COC1=C(OC)CC=C(S)C=C1. The zero-order valence-corrected chi connectivity index (χ0v) is 18.1. The normalized spacial score (nSPS) is 13.3. The van der Waals surface area contributed by atoms with Crippen molar-refractivity contribution in [3.05, 3.63) is 83.2 Å². The Morgan fingerprint density at radius 2 is 1.77 bits per heavy atom. The zero-order valence-electron chi connectivity index (χ0n) is 17.2. The van der Waals surface area contributed by atoms with Crippen LogP contribution in [0.3, 0.4) is 0 Å². The van der Waals surface area contributed by atoms with Crippen LogP contribution in [0.2, 0.25) is 0 Å². The quantitative estimate of drug-likeness (QED) is 0.398. The third-order valence-electron chi connectivity index (χ3n) is 4.39. The molecule has 1 heterocycles. The molecule has 156 valence electrons. The van der Waals surface area contributed by atoms with Gasteiger partial charge in [0.15, 0.2) is 11.5 Å². The molecular weight excluding hydrogens is 398 g/mol. The lowest BCUT2D eigenvalue weighted by molar-refractivity contribution is 0.225. The summed E-state index contributed by atoms with van der Waals surface area (Å²) in [5, 5.41) is 0. The molecule has 0 radical (unpaired) electrons. The molecule has 0 spiro atoms. The highest BCUT2D eigenvalue weighted by Gasteiger charge is 2.10. The maximum Gasteiger partial charge on any atom is 0.158 e. The summed E-state index contributed by atoms with van der Waals surface area (Å²) in [6.07, 6.45) is 6.44. The van der Waals surface area contributed by atoms with Crippen LogP contribution in [0, 0.1) is 0 Å². The molecular formula is C23H25N3O3S. The third kappa shape index (κ3) is 5.25. The fourth-order valence-electron chi connectivity index (χ4n) is 2.93. The first-order valence-electron chi connectivity index (χ1n) is 9.42. The number of rotatable bonds is 5. The van der Waals surface area contributed by atoms with Crippen molar-refractivity contribution in [2.45, 2.75) is 6.42 Å². The van der Waals surface area contributed by atoms with Crippen LogP contribution in [0.5, 0.6) is 5.75 Å². The molecule has 0 amide bonds. The fraction of sp³-hybridized carbons (Fsp3) is 0.174. The number of H-pyrrole nitrogens is 1. The van der Waals surface area contributed by atoms with E-state index in [1.807, 2.05) is 66.8 Å². The summed E-state index contributed by atoms with van der Waals surface area (Å²) in [6, 6.07) is 15.7. The van der Waals surface area contributed by atoms with Gasteiger partial charge in [0.05, 0.1) is 30.8 Å². The van der Waals surface area contributed by atoms with E-state index in [1.165, 1.54) is 0 Å². The number of hydroxylamine groups is 1. The highest BCUT2D eigenvalue weighted by atomic mass is 32.1.